The number of aromatic nitrogens is 2. The molecule has 0 aromatic carbocycles. The number of carbonyl (C=O) groups is 1. The van der Waals surface area contributed by atoms with Crippen LogP contribution in [0.15, 0.2) is 35.0 Å². The summed E-state index contributed by atoms with van der Waals surface area (Å²) in [7, 11) is 0. The Bertz CT molecular complexity index is 561. The Balaban J connectivity index is 1.50. The highest BCUT2D eigenvalue weighted by atomic mass is 16.4. The molecule has 1 amide bonds. The first-order valence-corrected chi connectivity index (χ1v) is 6.47. The summed E-state index contributed by atoms with van der Waals surface area (Å²) in [6, 6.07) is 5.74. The molecule has 0 saturated heterocycles. The summed E-state index contributed by atoms with van der Waals surface area (Å²) in [5.74, 6) is 1.20. The van der Waals surface area contributed by atoms with Gasteiger partial charge >= 0.3 is 0 Å². The molecular weight excluding hydrogens is 242 g/mol. The van der Waals surface area contributed by atoms with E-state index in [0.717, 1.165) is 18.5 Å². The van der Waals surface area contributed by atoms with Gasteiger partial charge in [-0.15, -0.1) is 0 Å². The fourth-order valence-corrected chi connectivity index (χ4v) is 1.85. The van der Waals surface area contributed by atoms with Gasteiger partial charge in [0.2, 0.25) is 5.76 Å². The van der Waals surface area contributed by atoms with Crippen LogP contribution in [0.25, 0.3) is 0 Å². The van der Waals surface area contributed by atoms with E-state index in [0.29, 0.717) is 30.5 Å². The highest BCUT2D eigenvalue weighted by molar-refractivity contribution is 5.91. The Hall–Kier alpha value is -2.17. The zero-order valence-corrected chi connectivity index (χ0v) is 10.5. The van der Waals surface area contributed by atoms with E-state index < -0.39 is 0 Å². The molecule has 1 aliphatic carbocycles. The van der Waals surface area contributed by atoms with Crippen LogP contribution in [0, 0.1) is 0 Å². The fourth-order valence-electron chi connectivity index (χ4n) is 1.85. The van der Waals surface area contributed by atoms with E-state index in [9.17, 15) is 4.79 Å². The van der Waals surface area contributed by atoms with Gasteiger partial charge in [-0.25, -0.2) is 4.98 Å². The van der Waals surface area contributed by atoms with Crippen molar-refractivity contribution >= 4 is 5.91 Å². The van der Waals surface area contributed by atoms with Gasteiger partial charge in [0.15, 0.2) is 5.89 Å². The van der Waals surface area contributed by atoms with Crippen LogP contribution in [0.1, 0.15) is 40.9 Å². The molecule has 0 atom stereocenters. The van der Waals surface area contributed by atoms with Gasteiger partial charge in [0.25, 0.3) is 5.91 Å². The molecule has 0 aliphatic heterocycles. The number of hydrogen-bond acceptors (Lipinski definition) is 4. The minimum Gasteiger partial charge on any atom is -0.435 e. The second-order valence-corrected chi connectivity index (χ2v) is 4.66. The minimum absolute atomic E-state index is 0.213. The van der Waals surface area contributed by atoms with Crippen LogP contribution in [-0.2, 0) is 6.42 Å². The Labute approximate surface area is 111 Å². The number of carbonyl (C=O) groups excluding carboxylic acids is 1. The van der Waals surface area contributed by atoms with Crippen molar-refractivity contribution in [3.8, 4) is 0 Å². The number of amides is 1. The Morgan fingerprint density at radius 2 is 2.26 bits per heavy atom. The molecule has 0 bridgehead atoms. The SMILES string of the molecule is O=C(NCCc1ccccn1)c1cnc(C2CC2)o1. The molecular formula is C14H15N3O2. The molecule has 5 nitrogen and oxygen atoms in total. The molecule has 0 spiro atoms. The van der Waals surface area contributed by atoms with Crippen molar-refractivity contribution in [2.75, 3.05) is 6.54 Å². The van der Waals surface area contributed by atoms with Crippen molar-refractivity contribution in [3.63, 3.8) is 0 Å². The number of nitrogens with one attached hydrogen (secondary N) is 1. The second-order valence-electron chi connectivity index (χ2n) is 4.66. The predicted molar refractivity (Wildman–Crippen MR) is 68.8 cm³/mol. The molecule has 5 heteroatoms. The maximum atomic E-state index is 11.8. The second kappa shape index (κ2) is 5.22. The standard InChI is InChI=1S/C14H15N3O2/c18-13(12-9-17-14(19-12)10-4-5-10)16-8-6-11-3-1-2-7-15-11/h1-3,7,9-10H,4-6,8H2,(H,16,18). The molecule has 2 aromatic heterocycles. The van der Waals surface area contributed by atoms with E-state index in [2.05, 4.69) is 15.3 Å². The fraction of sp³-hybridized carbons (Fsp3) is 0.357. The third-order valence-corrected chi connectivity index (χ3v) is 3.07. The molecule has 19 heavy (non-hydrogen) atoms. The summed E-state index contributed by atoms with van der Waals surface area (Å²) >= 11 is 0. The Kier molecular flexibility index (Phi) is 3.27. The minimum atomic E-state index is -0.213. The highest BCUT2D eigenvalue weighted by Gasteiger charge is 2.29. The van der Waals surface area contributed by atoms with Crippen molar-refractivity contribution in [2.45, 2.75) is 25.2 Å². The zero-order valence-electron chi connectivity index (χ0n) is 10.5. The normalized spacial score (nSPS) is 14.3. The average Bonchev–Trinajstić information content (AvgIpc) is 3.17. The van der Waals surface area contributed by atoms with Crippen molar-refractivity contribution in [1.29, 1.82) is 0 Å². The van der Waals surface area contributed by atoms with Gasteiger partial charge in [-0.1, -0.05) is 6.07 Å². The first kappa shape index (κ1) is 11.9. The van der Waals surface area contributed by atoms with E-state index in [4.69, 9.17) is 4.42 Å². The van der Waals surface area contributed by atoms with Crippen molar-refractivity contribution in [3.05, 3.63) is 47.9 Å². The van der Waals surface area contributed by atoms with E-state index in [1.165, 1.54) is 6.20 Å². The molecule has 3 rings (SSSR count). The third kappa shape index (κ3) is 2.99. The molecule has 0 radical (unpaired) electrons. The summed E-state index contributed by atoms with van der Waals surface area (Å²) in [6.45, 7) is 0.537. The van der Waals surface area contributed by atoms with Gasteiger partial charge in [0, 0.05) is 30.8 Å². The van der Waals surface area contributed by atoms with Gasteiger partial charge < -0.3 is 9.73 Å². The summed E-state index contributed by atoms with van der Waals surface area (Å²) in [4.78, 5) is 20.1. The quantitative estimate of drug-likeness (QED) is 0.888. The van der Waals surface area contributed by atoms with E-state index in [-0.39, 0.29) is 5.91 Å². The molecule has 2 aromatic rings. The molecule has 1 aliphatic rings. The van der Waals surface area contributed by atoms with Gasteiger partial charge in [-0.2, -0.15) is 0 Å². The number of oxazole rings is 1. The van der Waals surface area contributed by atoms with Crippen molar-refractivity contribution < 1.29 is 9.21 Å². The Morgan fingerprint density at radius 3 is 3.00 bits per heavy atom. The molecule has 0 unspecified atom stereocenters. The van der Waals surface area contributed by atoms with Crippen LogP contribution >= 0.6 is 0 Å². The van der Waals surface area contributed by atoms with Crippen LogP contribution in [-0.4, -0.2) is 22.4 Å². The Morgan fingerprint density at radius 1 is 1.37 bits per heavy atom. The van der Waals surface area contributed by atoms with E-state index in [1.54, 1.807) is 6.20 Å². The monoisotopic (exact) mass is 257 g/mol. The molecule has 2 heterocycles. The van der Waals surface area contributed by atoms with Gasteiger partial charge in [-0.05, 0) is 25.0 Å². The van der Waals surface area contributed by atoms with Gasteiger partial charge in [0.1, 0.15) is 0 Å². The third-order valence-electron chi connectivity index (χ3n) is 3.07. The molecule has 1 N–H and O–H groups in total. The van der Waals surface area contributed by atoms with Crippen LogP contribution in [0.2, 0.25) is 0 Å². The first-order valence-electron chi connectivity index (χ1n) is 6.47. The van der Waals surface area contributed by atoms with Crippen LogP contribution in [0.4, 0.5) is 0 Å². The summed E-state index contributed by atoms with van der Waals surface area (Å²) in [6.07, 6.45) is 6.18. The lowest BCUT2D eigenvalue weighted by Gasteiger charge is -2.02. The first-order chi connectivity index (χ1) is 9.33. The lowest BCUT2D eigenvalue weighted by atomic mass is 10.3. The average molecular weight is 257 g/mol. The van der Waals surface area contributed by atoms with Crippen LogP contribution in [0.3, 0.4) is 0 Å². The predicted octanol–water partition coefficient (Wildman–Crippen LogP) is 1.92. The summed E-state index contributed by atoms with van der Waals surface area (Å²) < 4.78 is 5.43. The van der Waals surface area contributed by atoms with Gasteiger partial charge in [0.05, 0.1) is 6.20 Å². The molecule has 98 valence electrons. The molecule has 1 fully saturated rings. The van der Waals surface area contributed by atoms with Crippen LogP contribution in [0.5, 0.6) is 0 Å². The van der Waals surface area contributed by atoms with Crippen molar-refractivity contribution in [2.24, 2.45) is 0 Å². The zero-order chi connectivity index (χ0) is 13.1. The lowest BCUT2D eigenvalue weighted by Crippen LogP contribution is -2.25. The summed E-state index contributed by atoms with van der Waals surface area (Å²) in [5.41, 5.74) is 0.957. The van der Waals surface area contributed by atoms with E-state index in [1.807, 2.05) is 18.2 Å². The molecule has 1 saturated carbocycles. The maximum absolute atomic E-state index is 11.8. The summed E-state index contributed by atoms with van der Waals surface area (Å²) in [5, 5.41) is 2.81. The number of hydrogen-bond donors (Lipinski definition) is 1. The van der Waals surface area contributed by atoms with Crippen LogP contribution < -0.4 is 5.32 Å². The number of nitrogens with zero attached hydrogens (tertiary/aromatic N) is 2. The highest BCUT2D eigenvalue weighted by Crippen LogP contribution is 2.39. The number of pyridine rings is 1. The largest absolute Gasteiger partial charge is 0.435 e. The number of rotatable bonds is 5. The van der Waals surface area contributed by atoms with E-state index >= 15 is 0 Å². The smallest absolute Gasteiger partial charge is 0.288 e. The maximum Gasteiger partial charge on any atom is 0.288 e. The van der Waals surface area contributed by atoms with Crippen molar-refractivity contribution in [1.82, 2.24) is 15.3 Å². The topological polar surface area (TPSA) is 68.0 Å². The van der Waals surface area contributed by atoms with Gasteiger partial charge in [-0.3, -0.25) is 9.78 Å². The lowest BCUT2D eigenvalue weighted by molar-refractivity contribution is 0.0924.